The smallest absolute Gasteiger partial charge is 0.317 e. The summed E-state index contributed by atoms with van der Waals surface area (Å²) in [6.45, 7) is 4.82. The lowest BCUT2D eigenvalue weighted by Gasteiger charge is -2.27. The minimum atomic E-state index is -0.0181. The van der Waals surface area contributed by atoms with E-state index in [0.717, 1.165) is 38.8 Å². The van der Waals surface area contributed by atoms with E-state index in [-0.39, 0.29) is 11.9 Å². The Bertz CT molecular complexity index is 330. The molecule has 0 aromatic heterocycles. The number of morpholine rings is 1. The largest absolute Gasteiger partial charge is 0.378 e. The normalized spacial score (nSPS) is 20.7. The highest BCUT2D eigenvalue weighted by atomic mass is 16.5. The fourth-order valence-corrected chi connectivity index (χ4v) is 2.62. The minimum Gasteiger partial charge on any atom is -0.378 e. The van der Waals surface area contributed by atoms with Crippen molar-refractivity contribution in [3.05, 3.63) is 0 Å². The molecule has 0 spiro atoms. The van der Waals surface area contributed by atoms with Crippen LogP contribution in [-0.2, 0) is 9.53 Å². The van der Waals surface area contributed by atoms with Crippen LogP contribution in [0.1, 0.15) is 32.1 Å². The molecule has 114 valence electrons. The van der Waals surface area contributed by atoms with Crippen LogP contribution in [0.3, 0.4) is 0 Å². The summed E-state index contributed by atoms with van der Waals surface area (Å²) in [5.41, 5.74) is 0. The van der Waals surface area contributed by atoms with Crippen molar-refractivity contribution in [2.45, 2.75) is 32.1 Å². The lowest BCUT2D eigenvalue weighted by Crippen LogP contribution is -2.46. The Morgan fingerprint density at radius 2 is 1.95 bits per heavy atom. The third kappa shape index (κ3) is 4.67. The van der Waals surface area contributed by atoms with Crippen LogP contribution < -0.4 is 5.32 Å². The summed E-state index contributed by atoms with van der Waals surface area (Å²) in [6, 6.07) is -0.0181. The summed E-state index contributed by atoms with van der Waals surface area (Å²) in [7, 11) is 0. The maximum Gasteiger partial charge on any atom is 0.317 e. The Morgan fingerprint density at radius 1 is 1.15 bits per heavy atom. The third-order valence-electron chi connectivity index (χ3n) is 3.85. The molecule has 0 aliphatic carbocycles. The number of urea groups is 1. The third-order valence-corrected chi connectivity index (χ3v) is 3.85. The number of amides is 3. The molecule has 2 aliphatic heterocycles. The van der Waals surface area contributed by atoms with E-state index in [9.17, 15) is 9.59 Å². The number of nitrogens with zero attached hydrogens (tertiary/aromatic N) is 2. The van der Waals surface area contributed by atoms with Crippen LogP contribution in [0, 0.1) is 0 Å². The summed E-state index contributed by atoms with van der Waals surface area (Å²) < 4.78 is 5.21. The molecule has 0 bridgehead atoms. The van der Waals surface area contributed by atoms with Crippen molar-refractivity contribution in [2.24, 2.45) is 0 Å². The quantitative estimate of drug-likeness (QED) is 0.777. The first-order valence-electron chi connectivity index (χ1n) is 7.65. The van der Waals surface area contributed by atoms with Crippen LogP contribution in [0.5, 0.6) is 0 Å². The molecule has 2 fully saturated rings. The summed E-state index contributed by atoms with van der Waals surface area (Å²) in [6.07, 6.45) is 4.77. The Hall–Kier alpha value is -1.30. The van der Waals surface area contributed by atoms with Crippen molar-refractivity contribution in [1.82, 2.24) is 15.1 Å². The molecule has 1 N–H and O–H groups in total. The fraction of sp³-hybridized carbons (Fsp3) is 0.857. The van der Waals surface area contributed by atoms with Gasteiger partial charge in [0.15, 0.2) is 0 Å². The molecular formula is C14H25N3O3. The molecule has 20 heavy (non-hydrogen) atoms. The summed E-state index contributed by atoms with van der Waals surface area (Å²) in [5.74, 6) is 0.266. The van der Waals surface area contributed by atoms with E-state index in [2.05, 4.69) is 5.32 Å². The van der Waals surface area contributed by atoms with E-state index in [1.165, 1.54) is 0 Å². The van der Waals surface area contributed by atoms with E-state index in [0.29, 0.717) is 39.3 Å². The van der Waals surface area contributed by atoms with Gasteiger partial charge in [0.1, 0.15) is 0 Å². The van der Waals surface area contributed by atoms with Crippen LogP contribution in [-0.4, -0.2) is 67.7 Å². The average Bonchev–Trinajstić information content (AvgIpc) is 2.69. The highest BCUT2D eigenvalue weighted by Gasteiger charge is 2.17. The van der Waals surface area contributed by atoms with Gasteiger partial charge in [-0.2, -0.15) is 0 Å². The number of hydrogen-bond donors (Lipinski definition) is 1. The van der Waals surface area contributed by atoms with E-state index in [1.807, 2.05) is 4.90 Å². The molecule has 2 aliphatic rings. The van der Waals surface area contributed by atoms with Crippen molar-refractivity contribution in [2.75, 3.05) is 45.9 Å². The van der Waals surface area contributed by atoms with Crippen molar-refractivity contribution in [1.29, 1.82) is 0 Å². The lowest BCUT2D eigenvalue weighted by molar-refractivity contribution is -0.130. The molecule has 6 heteroatoms. The predicted octanol–water partition coefficient (Wildman–Crippen LogP) is 0.821. The second kappa shape index (κ2) is 8.09. The Kier molecular flexibility index (Phi) is 6.11. The molecule has 0 radical (unpaired) electrons. The van der Waals surface area contributed by atoms with Crippen LogP contribution in [0.4, 0.5) is 4.79 Å². The van der Waals surface area contributed by atoms with Gasteiger partial charge in [0.2, 0.25) is 5.91 Å². The number of ether oxygens (including phenoxy) is 1. The Morgan fingerprint density at radius 3 is 2.75 bits per heavy atom. The van der Waals surface area contributed by atoms with Gasteiger partial charge < -0.3 is 19.9 Å². The molecule has 2 heterocycles. The van der Waals surface area contributed by atoms with Crippen LogP contribution in [0.25, 0.3) is 0 Å². The number of carbonyl (C=O) groups is 2. The van der Waals surface area contributed by atoms with Crippen molar-refractivity contribution in [3.63, 3.8) is 0 Å². The molecule has 2 rings (SSSR count). The molecule has 0 unspecified atom stereocenters. The fourth-order valence-electron chi connectivity index (χ4n) is 2.62. The average molecular weight is 283 g/mol. The standard InChI is InChI=1S/C14H25N3O3/c18-13-5-2-1-3-7-16(13)8-4-6-15-14(19)17-9-11-20-12-10-17/h1-12H2,(H,15,19). The van der Waals surface area contributed by atoms with Gasteiger partial charge in [-0.15, -0.1) is 0 Å². The Balaban J connectivity index is 1.60. The molecule has 0 saturated carbocycles. The SMILES string of the molecule is O=C1CCCCCN1CCCNC(=O)N1CCOCC1. The maximum absolute atomic E-state index is 11.8. The summed E-state index contributed by atoms with van der Waals surface area (Å²) in [4.78, 5) is 27.4. The maximum atomic E-state index is 11.8. The summed E-state index contributed by atoms with van der Waals surface area (Å²) in [5, 5.41) is 2.92. The first-order valence-corrected chi connectivity index (χ1v) is 7.65. The summed E-state index contributed by atoms with van der Waals surface area (Å²) >= 11 is 0. The van der Waals surface area contributed by atoms with Gasteiger partial charge in [0, 0.05) is 39.1 Å². The molecular weight excluding hydrogens is 258 g/mol. The first-order chi connectivity index (χ1) is 9.77. The van der Waals surface area contributed by atoms with E-state index in [4.69, 9.17) is 4.74 Å². The van der Waals surface area contributed by atoms with E-state index < -0.39 is 0 Å². The van der Waals surface area contributed by atoms with Gasteiger partial charge in [-0.3, -0.25) is 4.79 Å². The molecule has 2 saturated heterocycles. The van der Waals surface area contributed by atoms with E-state index in [1.54, 1.807) is 4.90 Å². The zero-order chi connectivity index (χ0) is 14.2. The topological polar surface area (TPSA) is 61.9 Å². The van der Waals surface area contributed by atoms with Crippen LogP contribution in [0.15, 0.2) is 0 Å². The van der Waals surface area contributed by atoms with Crippen molar-refractivity contribution >= 4 is 11.9 Å². The van der Waals surface area contributed by atoms with Gasteiger partial charge in [0.25, 0.3) is 0 Å². The van der Waals surface area contributed by atoms with Crippen LogP contribution >= 0.6 is 0 Å². The van der Waals surface area contributed by atoms with Gasteiger partial charge in [-0.25, -0.2) is 4.79 Å². The van der Waals surface area contributed by atoms with Crippen molar-refractivity contribution < 1.29 is 14.3 Å². The van der Waals surface area contributed by atoms with Gasteiger partial charge in [0.05, 0.1) is 13.2 Å². The second-order valence-electron chi connectivity index (χ2n) is 5.38. The van der Waals surface area contributed by atoms with Gasteiger partial charge in [-0.05, 0) is 19.3 Å². The van der Waals surface area contributed by atoms with Gasteiger partial charge >= 0.3 is 6.03 Å². The highest BCUT2D eigenvalue weighted by molar-refractivity contribution is 5.76. The number of likely N-dealkylation sites (tertiary alicyclic amines) is 1. The Labute approximate surface area is 120 Å². The van der Waals surface area contributed by atoms with Crippen LogP contribution in [0.2, 0.25) is 0 Å². The lowest BCUT2D eigenvalue weighted by atomic mass is 10.2. The highest BCUT2D eigenvalue weighted by Crippen LogP contribution is 2.11. The number of carbonyl (C=O) groups excluding carboxylic acids is 2. The molecule has 0 atom stereocenters. The first kappa shape index (κ1) is 15.1. The molecule has 6 nitrogen and oxygen atoms in total. The van der Waals surface area contributed by atoms with E-state index >= 15 is 0 Å². The van der Waals surface area contributed by atoms with Gasteiger partial charge in [-0.1, -0.05) is 6.42 Å². The zero-order valence-electron chi connectivity index (χ0n) is 12.1. The monoisotopic (exact) mass is 283 g/mol. The minimum absolute atomic E-state index is 0.0181. The number of nitrogens with one attached hydrogen (secondary N) is 1. The van der Waals surface area contributed by atoms with Crippen molar-refractivity contribution in [3.8, 4) is 0 Å². The number of rotatable bonds is 4. The zero-order valence-corrected chi connectivity index (χ0v) is 12.1. The predicted molar refractivity (Wildman–Crippen MR) is 75.5 cm³/mol. The molecule has 3 amide bonds. The molecule has 0 aromatic rings. The number of hydrogen-bond acceptors (Lipinski definition) is 3. The second-order valence-corrected chi connectivity index (χ2v) is 5.38. The molecule has 0 aromatic carbocycles.